The van der Waals surface area contributed by atoms with Gasteiger partial charge in [0, 0.05) is 49.0 Å². The van der Waals surface area contributed by atoms with E-state index in [9.17, 15) is 13.2 Å². The summed E-state index contributed by atoms with van der Waals surface area (Å²) in [5, 5.41) is 3.58. The van der Waals surface area contributed by atoms with E-state index in [1.807, 2.05) is 13.0 Å². The number of aryl methyl sites for hydroxylation is 1. The molecule has 1 aliphatic rings. The Morgan fingerprint density at radius 2 is 1.84 bits per heavy atom. The fourth-order valence-electron chi connectivity index (χ4n) is 4.56. The Morgan fingerprint density at radius 3 is 2.55 bits per heavy atom. The van der Waals surface area contributed by atoms with Gasteiger partial charge in [0.25, 0.3) is 5.56 Å². The van der Waals surface area contributed by atoms with Gasteiger partial charge in [-0.15, -0.1) is 0 Å². The van der Waals surface area contributed by atoms with Crippen LogP contribution in [0.25, 0.3) is 16.8 Å². The normalized spacial score (nSPS) is 13.7. The second-order valence-electron chi connectivity index (χ2n) is 8.74. The van der Waals surface area contributed by atoms with Crippen LogP contribution in [-0.4, -0.2) is 43.2 Å². The molecule has 1 N–H and O–H groups in total. The minimum Gasteiger partial charge on any atom is -0.496 e. The Balaban J connectivity index is 1.54. The molecule has 2 aromatic carbocycles. The van der Waals surface area contributed by atoms with Gasteiger partial charge in [0.05, 0.1) is 19.9 Å². The van der Waals surface area contributed by atoms with E-state index in [4.69, 9.17) is 9.47 Å². The average Bonchev–Trinajstić information content (AvgIpc) is 3.41. The molecular formula is C26H25FN4O6S. The van der Waals surface area contributed by atoms with Crippen molar-refractivity contribution in [2.24, 2.45) is 0 Å². The first kappa shape index (κ1) is 25.5. The lowest BCUT2D eigenvalue weighted by Gasteiger charge is -2.30. The number of halogens is 1. The number of aromatic nitrogens is 2. The molecule has 1 aliphatic heterocycles. The van der Waals surface area contributed by atoms with Gasteiger partial charge in [0.15, 0.2) is 5.82 Å². The highest BCUT2D eigenvalue weighted by atomic mass is 32.2. The van der Waals surface area contributed by atoms with E-state index in [0.29, 0.717) is 28.3 Å². The lowest BCUT2D eigenvalue weighted by atomic mass is 10.0. The third-order valence-corrected chi connectivity index (χ3v) is 7.93. The number of hydrogen-bond acceptors (Lipinski definition) is 7. The zero-order valence-electron chi connectivity index (χ0n) is 20.9. The Labute approximate surface area is 218 Å². The van der Waals surface area contributed by atoms with Crippen molar-refractivity contribution in [1.82, 2.24) is 14.0 Å². The van der Waals surface area contributed by atoms with E-state index in [1.165, 1.54) is 40.4 Å². The summed E-state index contributed by atoms with van der Waals surface area (Å²) in [7, 11) is -0.928. The summed E-state index contributed by atoms with van der Waals surface area (Å²) in [4.78, 5) is 13.0. The Bertz CT molecular complexity index is 1670. The number of ether oxygens (including phenoxy) is 2. The van der Waals surface area contributed by atoms with Crippen LogP contribution >= 0.6 is 0 Å². The number of pyridine rings is 1. The number of benzene rings is 2. The van der Waals surface area contributed by atoms with Gasteiger partial charge in [0.2, 0.25) is 0 Å². The highest BCUT2D eigenvalue weighted by molar-refractivity contribution is 7.90. The van der Waals surface area contributed by atoms with Crippen molar-refractivity contribution >= 4 is 16.0 Å². The third kappa shape index (κ3) is 4.63. The Kier molecular flexibility index (Phi) is 6.67. The lowest BCUT2D eigenvalue weighted by molar-refractivity contribution is 0.384. The quantitative estimate of drug-likeness (QED) is 0.380. The fraction of sp³-hybridized carbons (Fsp3) is 0.231. The highest BCUT2D eigenvalue weighted by Crippen LogP contribution is 2.35. The van der Waals surface area contributed by atoms with Crippen LogP contribution in [-0.2, 0) is 23.2 Å². The molecule has 0 atom stereocenters. The molecule has 0 unspecified atom stereocenters. The molecule has 12 heteroatoms. The van der Waals surface area contributed by atoms with E-state index < -0.39 is 16.0 Å². The number of hydrogen-bond donors (Lipinski definition) is 1. The van der Waals surface area contributed by atoms with E-state index >= 15 is 4.39 Å². The Morgan fingerprint density at radius 1 is 1.05 bits per heavy atom. The molecule has 4 aromatic rings. The molecule has 10 nitrogen and oxygen atoms in total. The second kappa shape index (κ2) is 9.95. The van der Waals surface area contributed by atoms with Crippen LogP contribution in [0.15, 0.2) is 64.1 Å². The molecule has 3 heterocycles. The minimum atomic E-state index is -3.92. The first-order chi connectivity index (χ1) is 18.2. The number of fused-ring (bicyclic) bond motifs is 1. The summed E-state index contributed by atoms with van der Waals surface area (Å²) in [6.07, 6.45) is 1.47. The smallest absolute Gasteiger partial charge is 0.303 e. The van der Waals surface area contributed by atoms with Crippen LogP contribution in [0.3, 0.4) is 0 Å². The van der Waals surface area contributed by atoms with E-state index in [0.717, 1.165) is 5.56 Å². The van der Waals surface area contributed by atoms with Crippen LogP contribution in [0.2, 0.25) is 0 Å². The van der Waals surface area contributed by atoms with Crippen LogP contribution in [0.5, 0.6) is 11.5 Å². The summed E-state index contributed by atoms with van der Waals surface area (Å²) in [5.74, 6) is 0.426. The molecule has 0 aliphatic carbocycles. The van der Waals surface area contributed by atoms with Crippen molar-refractivity contribution in [3.8, 4) is 28.3 Å². The van der Waals surface area contributed by atoms with Gasteiger partial charge >= 0.3 is 10.2 Å². The van der Waals surface area contributed by atoms with Gasteiger partial charge in [-0.05, 0) is 35.7 Å². The molecule has 0 spiro atoms. The van der Waals surface area contributed by atoms with Gasteiger partial charge in [-0.2, -0.15) is 12.7 Å². The highest BCUT2D eigenvalue weighted by Gasteiger charge is 2.30. The maximum atomic E-state index is 15.5. The molecule has 198 valence electrons. The summed E-state index contributed by atoms with van der Waals surface area (Å²) >= 11 is 0. The molecule has 5 rings (SSSR count). The molecular weight excluding hydrogens is 515 g/mol. The van der Waals surface area contributed by atoms with Crippen molar-refractivity contribution in [3.05, 3.63) is 87.8 Å². The molecule has 2 aromatic heterocycles. The van der Waals surface area contributed by atoms with Crippen LogP contribution in [0.1, 0.15) is 16.8 Å². The summed E-state index contributed by atoms with van der Waals surface area (Å²) in [5.41, 5.74) is 2.82. The fourth-order valence-corrected chi connectivity index (χ4v) is 5.70. The number of methoxy groups -OCH3 is 2. The summed E-state index contributed by atoms with van der Waals surface area (Å²) < 4.78 is 61.9. The largest absolute Gasteiger partial charge is 0.496 e. The van der Waals surface area contributed by atoms with E-state index in [2.05, 4.69) is 14.4 Å². The van der Waals surface area contributed by atoms with Gasteiger partial charge in [0.1, 0.15) is 23.6 Å². The lowest BCUT2D eigenvalue weighted by Crippen LogP contribution is -2.41. The zero-order valence-corrected chi connectivity index (χ0v) is 21.7. The molecule has 0 saturated carbocycles. The van der Waals surface area contributed by atoms with E-state index in [1.54, 1.807) is 31.4 Å². The van der Waals surface area contributed by atoms with Gasteiger partial charge < -0.3 is 14.0 Å². The Hall–Kier alpha value is -4.16. The minimum absolute atomic E-state index is 0.00877. The van der Waals surface area contributed by atoms with Crippen LogP contribution in [0.4, 0.5) is 10.2 Å². The third-order valence-electron chi connectivity index (χ3n) is 6.47. The van der Waals surface area contributed by atoms with Crippen LogP contribution < -0.4 is 19.8 Å². The predicted molar refractivity (Wildman–Crippen MR) is 138 cm³/mol. The number of rotatable bonds is 7. The molecule has 38 heavy (non-hydrogen) atoms. The van der Waals surface area contributed by atoms with E-state index in [-0.39, 0.29) is 42.1 Å². The monoisotopic (exact) mass is 540 g/mol. The molecule has 0 fully saturated rings. The number of nitrogens with zero attached hydrogens (tertiary/aromatic N) is 3. The number of nitrogens with one attached hydrogen (secondary N) is 1. The molecule has 0 saturated heterocycles. The molecule has 0 amide bonds. The standard InChI is InChI=1S/C26H25FN4O6S/c1-16-4-5-17(12-23(16)35-2)19-13-24(36-3)22(14-20(19)27)31-21-8-10-30(15-18(21)6-7-26(31)32)38(33,34)29-25-9-11-37-28-25/h4-7,9,11-14H,8,10,15H2,1-3H3,(H,28,29). The summed E-state index contributed by atoms with van der Waals surface area (Å²) in [6, 6.07) is 12.5. The van der Waals surface area contributed by atoms with Crippen molar-refractivity contribution in [1.29, 1.82) is 0 Å². The van der Waals surface area contributed by atoms with Crippen molar-refractivity contribution in [3.63, 3.8) is 0 Å². The van der Waals surface area contributed by atoms with Crippen molar-refractivity contribution in [2.45, 2.75) is 19.9 Å². The average molecular weight is 541 g/mol. The predicted octanol–water partition coefficient (Wildman–Crippen LogP) is 3.67. The molecule has 0 radical (unpaired) electrons. The van der Waals surface area contributed by atoms with Gasteiger partial charge in [-0.3, -0.25) is 14.1 Å². The molecule has 0 bridgehead atoms. The SMILES string of the molecule is COc1cc(-c2cc(OC)c(-n3c4c(ccc3=O)CN(S(=O)(=O)Nc3ccon3)CC4)cc2F)ccc1C. The first-order valence-corrected chi connectivity index (χ1v) is 13.1. The first-order valence-electron chi connectivity index (χ1n) is 11.7. The maximum Gasteiger partial charge on any atom is 0.303 e. The summed E-state index contributed by atoms with van der Waals surface area (Å²) in [6.45, 7) is 1.99. The van der Waals surface area contributed by atoms with Gasteiger partial charge in [-0.25, -0.2) is 4.39 Å². The van der Waals surface area contributed by atoms with Crippen molar-refractivity contribution < 1.29 is 26.8 Å². The number of anilines is 1. The second-order valence-corrected chi connectivity index (χ2v) is 10.4. The van der Waals surface area contributed by atoms with Crippen LogP contribution in [0, 0.1) is 12.7 Å². The zero-order chi connectivity index (χ0) is 27.0. The van der Waals surface area contributed by atoms with Gasteiger partial charge in [-0.1, -0.05) is 23.4 Å². The van der Waals surface area contributed by atoms with Crippen molar-refractivity contribution in [2.75, 3.05) is 25.5 Å². The topological polar surface area (TPSA) is 116 Å². The maximum absolute atomic E-state index is 15.5.